The van der Waals surface area contributed by atoms with Crippen molar-refractivity contribution in [1.29, 1.82) is 0 Å². The Morgan fingerprint density at radius 3 is 2.63 bits per heavy atom. The van der Waals surface area contributed by atoms with Gasteiger partial charge in [-0.2, -0.15) is 4.58 Å². The Labute approximate surface area is 256 Å². The highest BCUT2D eigenvalue weighted by Crippen LogP contribution is 2.39. The lowest BCUT2D eigenvalue weighted by Crippen LogP contribution is -2.31. The second kappa shape index (κ2) is 16.6. The summed E-state index contributed by atoms with van der Waals surface area (Å²) in [5, 5.41) is 4.16. The molecule has 3 rings (SSSR count). The molecule has 2 aromatic rings. The zero-order chi connectivity index (χ0) is 29.7. The Kier molecular flexibility index (Phi) is 13.3. The molecule has 0 saturated heterocycles. The molecule has 1 heterocycles. The molecule has 0 atom stereocenters. The molecule has 1 aliphatic heterocycles. The summed E-state index contributed by atoms with van der Waals surface area (Å²) in [6, 6.07) is 13.9. The molecule has 0 spiro atoms. The van der Waals surface area contributed by atoms with Crippen LogP contribution in [0.15, 0.2) is 54.6 Å². The zero-order valence-corrected chi connectivity index (χ0v) is 26.2. The van der Waals surface area contributed by atoms with Crippen molar-refractivity contribution in [2.24, 2.45) is 0 Å². The normalized spacial score (nSPS) is 14.0. The molecular formula is C34H44Cl2N3O2+. The quantitative estimate of drug-likeness (QED) is 0.117. The molecule has 7 heteroatoms. The largest absolute Gasteiger partial charge is 0.492 e. The highest BCUT2D eigenvalue weighted by atomic mass is 35.5. The number of terminal acetylenes is 1. The lowest BCUT2D eigenvalue weighted by molar-refractivity contribution is -0.438. The summed E-state index contributed by atoms with van der Waals surface area (Å²) in [5.41, 5.74) is 4.03. The molecule has 41 heavy (non-hydrogen) atoms. The van der Waals surface area contributed by atoms with Crippen LogP contribution in [0.4, 0.5) is 5.69 Å². The van der Waals surface area contributed by atoms with Crippen molar-refractivity contribution >= 4 is 40.5 Å². The number of carbonyl (C=O) groups is 1. The third-order valence-electron chi connectivity index (χ3n) is 7.47. The number of hydrogen-bond acceptors (Lipinski definition) is 3. The van der Waals surface area contributed by atoms with Gasteiger partial charge in [-0.25, -0.2) is 0 Å². The van der Waals surface area contributed by atoms with Crippen molar-refractivity contribution < 1.29 is 14.1 Å². The van der Waals surface area contributed by atoms with E-state index in [2.05, 4.69) is 77.9 Å². The van der Waals surface area contributed by atoms with Gasteiger partial charge in [-0.1, -0.05) is 53.4 Å². The topological polar surface area (TPSA) is 44.6 Å². The van der Waals surface area contributed by atoms with Crippen LogP contribution in [0.3, 0.4) is 0 Å². The first-order chi connectivity index (χ1) is 19.8. The average molecular weight is 598 g/mol. The maximum absolute atomic E-state index is 12.4. The summed E-state index contributed by atoms with van der Waals surface area (Å²) in [6.07, 6.45) is 15.1. The molecule has 0 bridgehead atoms. The minimum Gasteiger partial charge on any atom is -0.492 e. The standard InChI is InChI=1S/C34H43Cl2N3O2/c1-5-14-32-34(3,4)28-15-9-10-16-30(28)39(32)24-11-7-8-17-33(40)37-20-12-22-38(21-6-2)23-13-25-41-31-19-18-27(35)26-29(31)36/h2,5,9-10,14-16,18-19,26H,7-8,11-13,17,20-25H2,1,3-4H3/p+1/b14-5+. The summed E-state index contributed by atoms with van der Waals surface area (Å²) in [4.78, 5) is 14.6. The van der Waals surface area contributed by atoms with E-state index in [0.717, 1.165) is 51.7 Å². The van der Waals surface area contributed by atoms with Gasteiger partial charge in [-0.15, -0.1) is 6.42 Å². The first kappa shape index (κ1) is 32.7. The minimum atomic E-state index is -0.00172. The Morgan fingerprint density at radius 1 is 1.10 bits per heavy atom. The van der Waals surface area contributed by atoms with Gasteiger partial charge in [0, 0.05) is 55.2 Å². The summed E-state index contributed by atoms with van der Waals surface area (Å²) in [5.74, 6) is 3.47. The van der Waals surface area contributed by atoms with Gasteiger partial charge in [-0.3, -0.25) is 9.69 Å². The number of amides is 1. The summed E-state index contributed by atoms with van der Waals surface area (Å²) in [6.45, 7) is 11.0. The monoisotopic (exact) mass is 596 g/mol. The highest BCUT2D eigenvalue weighted by molar-refractivity contribution is 6.35. The van der Waals surface area contributed by atoms with Crippen molar-refractivity contribution in [3.8, 4) is 18.1 Å². The van der Waals surface area contributed by atoms with Gasteiger partial charge in [0.15, 0.2) is 5.71 Å². The van der Waals surface area contributed by atoms with E-state index in [0.29, 0.717) is 41.9 Å². The molecule has 5 nitrogen and oxygen atoms in total. The molecule has 220 valence electrons. The van der Waals surface area contributed by atoms with Gasteiger partial charge in [0.2, 0.25) is 11.6 Å². The lowest BCUT2D eigenvalue weighted by atomic mass is 9.81. The van der Waals surface area contributed by atoms with Gasteiger partial charge in [-0.05, 0) is 64.7 Å². The first-order valence-electron chi connectivity index (χ1n) is 14.7. The number of hydrogen-bond donors (Lipinski definition) is 1. The van der Waals surface area contributed by atoms with Gasteiger partial charge >= 0.3 is 0 Å². The van der Waals surface area contributed by atoms with Crippen molar-refractivity contribution in [3.05, 3.63) is 70.2 Å². The van der Waals surface area contributed by atoms with Gasteiger partial charge in [0.25, 0.3) is 0 Å². The van der Waals surface area contributed by atoms with Crippen molar-refractivity contribution in [1.82, 2.24) is 10.2 Å². The fourth-order valence-electron chi connectivity index (χ4n) is 5.35. The minimum absolute atomic E-state index is 0.00172. The lowest BCUT2D eigenvalue weighted by Gasteiger charge is -2.20. The third kappa shape index (κ3) is 9.64. The van der Waals surface area contributed by atoms with Crippen LogP contribution in [-0.2, 0) is 10.2 Å². The van der Waals surface area contributed by atoms with Gasteiger partial charge < -0.3 is 10.1 Å². The van der Waals surface area contributed by atoms with Gasteiger partial charge in [0.05, 0.1) is 23.6 Å². The number of carbonyl (C=O) groups excluding carboxylic acids is 1. The Hall–Kier alpha value is -2.78. The van der Waals surface area contributed by atoms with E-state index < -0.39 is 0 Å². The van der Waals surface area contributed by atoms with E-state index in [4.69, 9.17) is 34.4 Å². The molecule has 0 aliphatic carbocycles. The van der Waals surface area contributed by atoms with E-state index in [1.807, 2.05) is 0 Å². The number of halogens is 2. The summed E-state index contributed by atoms with van der Waals surface area (Å²) < 4.78 is 8.22. The number of rotatable bonds is 17. The van der Waals surface area contributed by atoms with Crippen molar-refractivity contribution in [2.75, 3.05) is 39.3 Å². The molecule has 0 radical (unpaired) electrons. The van der Waals surface area contributed by atoms with Crippen LogP contribution in [0.5, 0.6) is 5.75 Å². The number of benzene rings is 2. The average Bonchev–Trinajstić information content (AvgIpc) is 3.15. The molecular weight excluding hydrogens is 553 g/mol. The van der Waals surface area contributed by atoms with Crippen LogP contribution < -0.4 is 10.1 Å². The Balaban J connectivity index is 1.30. The number of unbranched alkanes of at least 4 members (excludes halogenated alkanes) is 2. The fraction of sp³-hybridized carbons (Fsp3) is 0.471. The van der Waals surface area contributed by atoms with E-state index in [1.54, 1.807) is 18.2 Å². The van der Waals surface area contributed by atoms with Crippen molar-refractivity contribution in [3.63, 3.8) is 0 Å². The predicted octanol–water partition coefficient (Wildman–Crippen LogP) is 7.42. The Bertz CT molecular complexity index is 1260. The van der Waals surface area contributed by atoms with Crippen LogP contribution in [-0.4, -0.2) is 60.4 Å². The zero-order valence-electron chi connectivity index (χ0n) is 24.7. The van der Waals surface area contributed by atoms with Gasteiger partial charge in [0.1, 0.15) is 12.3 Å². The molecule has 0 fully saturated rings. The maximum atomic E-state index is 12.4. The maximum Gasteiger partial charge on any atom is 0.219 e. The first-order valence-corrected chi connectivity index (χ1v) is 15.4. The molecule has 0 saturated carbocycles. The number of nitrogens with one attached hydrogen (secondary N) is 1. The molecule has 1 N–H and O–H groups in total. The molecule has 1 aliphatic rings. The molecule has 0 unspecified atom stereocenters. The smallest absolute Gasteiger partial charge is 0.219 e. The van der Waals surface area contributed by atoms with Crippen LogP contribution in [0.2, 0.25) is 10.0 Å². The van der Waals surface area contributed by atoms with Crippen LogP contribution >= 0.6 is 23.2 Å². The number of nitrogens with zero attached hydrogens (tertiary/aromatic N) is 2. The van der Waals surface area contributed by atoms with E-state index in [9.17, 15) is 4.79 Å². The van der Waals surface area contributed by atoms with Crippen LogP contribution in [0.1, 0.15) is 64.9 Å². The number of allylic oxidation sites excluding steroid dienone is 2. The number of para-hydroxylation sites is 1. The van der Waals surface area contributed by atoms with E-state index in [-0.39, 0.29) is 11.3 Å². The second-order valence-corrected chi connectivity index (χ2v) is 11.8. The number of fused-ring (bicyclic) bond motifs is 1. The molecule has 0 aromatic heterocycles. The molecule has 2 aromatic carbocycles. The molecule has 1 amide bonds. The fourth-order valence-corrected chi connectivity index (χ4v) is 5.82. The predicted molar refractivity (Wildman–Crippen MR) is 172 cm³/mol. The van der Waals surface area contributed by atoms with E-state index >= 15 is 0 Å². The summed E-state index contributed by atoms with van der Waals surface area (Å²) >= 11 is 12.1. The third-order valence-corrected chi connectivity index (χ3v) is 8.00. The SMILES string of the molecule is C#CCN(CCCNC(=O)CCCCC[N+]1=C(/C=C/C)C(C)(C)c2ccccc21)CCCOc1ccc(Cl)cc1Cl. The number of ether oxygens (including phenoxy) is 1. The Morgan fingerprint density at radius 2 is 1.88 bits per heavy atom. The summed E-state index contributed by atoms with van der Waals surface area (Å²) in [7, 11) is 0. The van der Waals surface area contributed by atoms with Crippen LogP contribution in [0, 0.1) is 12.3 Å². The van der Waals surface area contributed by atoms with Crippen molar-refractivity contribution in [2.45, 2.75) is 64.7 Å². The highest BCUT2D eigenvalue weighted by Gasteiger charge is 2.43. The second-order valence-electron chi connectivity index (χ2n) is 11.0. The van der Waals surface area contributed by atoms with Crippen LogP contribution in [0.25, 0.3) is 0 Å². The van der Waals surface area contributed by atoms with E-state index in [1.165, 1.54) is 17.0 Å².